The van der Waals surface area contributed by atoms with Gasteiger partial charge >= 0.3 is 0 Å². The van der Waals surface area contributed by atoms with E-state index in [-0.39, 0.29) is 11.9 Å². The van der Waals surface area contributed by atoms with E-state index in [1.54, 1.807) is 17.4 Å². The number of rotatable bonds is 1. The van der Waals surface area contributed by atoms with Crippen LogP contribution in [0.1, 0.15) is 29.0 Å². The summed E-state index contributed by atoms with van der Waals surface area (Å²) in [6.07, 6.45) is 0.982. The van der Waals surface area contributed by atoms with E-state index in [0.29, 0.717) is 5.56 Å². The van der Waals surface area contributed by atoms with Crippen molar-refractivity contribution in [1.82, 2.24) is 0 Å². The van der Waals surface area contributed by atoms with Crippen molar-refractivity contribution in [1.29, 1.82) is 5.26 Å². The van der Waals surface area contributed by atoms with Gasteiger partial charge in [0.15, 0.2) is 0 Å². The van der Waals surface area contributed by atoms with Crippen LogP contribution >= 0.6 is 11.3 Å². The van der Waals surface area contributed by atoms with Crippen LogP contribution < -0.4 is 4.90 Å². The number of anilines is 1. The van der Waals surface area contributed by atoms with E-state index >= 15 is 0 Å². The number of halogens is 1. The molecule has 1 aromatic heterocycles. The van der Waals surface area contributed by atoms with Gasteiger partial charge in [-0.15, -0.1) is 11.3 Å². The Hall–Kier alpha value is -1.86. The third kappa shape index (κ3) is 2.11. The van der Waals surface area contributed by atoms with Gasteiger partial charge in [-0.2, -0.15) is 5.26 Å². The number of thiophene rings is 1. The van der Waals surface area contributed by atoms with E-state index in [9.17, 15) is 4.39 Å². The summed E-state index contributed by atoms with van der Waals surface area (Å²) < 4.78 is 13.6. The first-order valence-electron chi connectivity index (χ1n) is 6.22. The molecule has 1 aliphatic rings. The van der Waals surface area contributed by atoms with Crippen molar-refractivity contribution in [3.8, 4) is 6.07 Å². The lowest BCUT2D eigenvalue weighted by Crippen LogP contribution is -2.33. The average molecular weight is 272 g/mol. The number of hydrogen-bond donors (Lipinski definition) is 0. The van der Waals surface area contributed by atoms with Gasteiger partial charge < -0.3 is 4.90 Å². The Morgan fingerprint density at radius 1 is 1.42 bits per heavy atom. The molecule has 1 atom stereocenters. The number of nitriles is 1. The van der Waals surface area contributed by atoms with Crippen LogP contribution in [-0.4, -0.2) is 6.54 Å². The molecule has 0 saturated heterocycles. The second-order valence-corrected chi connectivity index (χ2v) is 5.73. The van der Waals surface area contributed by atoms with Crippen LogP contribution in [0, 0.1) is 17.1 Å². The van der Waals surface area contributed by atoms with Gasteiger partial charge in [-0.05, 0) is 48.6 Å². The van der Waals surface area contributed by atoms with E-state index in [1.165, 1.54) is 22.6 Å². The number of nitrogens with zero attached hydrogens (tertiary/aromatic N) is 2. The first-order valence-corrected chi connectivity index (χ1v) is 7.10. The van der Waals surface area contributed by atoms with E-state index in [2.05, 4.69) is 23.3 Å². The first kappa shape index (κ1) is 12.2. The lowest BCUT2D eigenvalue weighted by molar-refractivity contribution is 0.611. The molecular weight excluding hydrogens is 259 g/mol. The molecule has 2 heterocycles. The third-order valence-electron chi connectivity index (χ3n) is 3.62. The summed E-state index contributed by atoms with van der Waals surface area (Å²) in [5.41, 5.74) is 2.48. The Balaban J connectivity index is 2.00. The highest BCUT2D eigenvalue weighted by Crippen LogP contribution is 2.36. The van der Waals surface area contributed by atoms with Crippen LogP contribution in [0.5, 0.6) is 0 Å². The van der Waals surface area contributed by atoms with Gasteiger partial charge in [0.2, 0.25) is 0 Å². The Labute approximate surface area is 115 Å². The van der Waals surface area contributed by atoms with Crippen LogP contribution in [0.3, 0.4) is 0 Å². The lowest BCUT2D eigenvalue weighted by Gasteiger charge is -2.35. The highest BCUT2D eigenvalue weighted by Gasteiger charge is 2.25. The largest absolute Gasteiger partial charge is 0.364 e. The van der Waals surface area contributed by atoms with Crippen molar-refractivity contribution in [2.75, 3.05) is 11.4 Å². The lowest BCUT2D eigenvalue weighted by atomic mass is 10.0. The van der Waals surface area contributed by atoms with Crippen molar-refractivity contribution in [3.05, 3.63) is 51.5 Å². The number of hydrogen-bond acceptors (Lipinski definition) is 3. The van der Waals surface area contributed by atoms with Crippen molar-refractivity contribution < 1.29 is 4.39 Å². The van der Waals surface area contributed by atoms with Crippen LogP contribution in [0.4, 0.5) is 10.1 Å². The Bertz CT molecular complexity index is 656. The quantitative estimate of drug-likeness (QED) is 0.787. The minimum atomic E-state index is -0.350. The van der Waals surface area contributed by atoms with Gasteiger partial charge in [0.1, 0.15) is 5.82 Å². The molecule has 3 rings (SSSR count). The Kier molecular flexibility index (Phi) is 3.00. The van der Waals surface area contributed by atoms with E-state index in [4.69, 9.17) is 5.26 Å². The summed E-state index contributed by atoms with van der Waals surface area (Å²) in [7, 11) is 0. The van der Waals surface area contributed by atoms with Crippen molar-refractivity contribution in [2.45, 2.75) is 19.4 Å². The summed E-state index contributed by atoms with van der Waals surface area (Å²) in [6, 6.07) is 8.92. The normalized spacial score (nSPS) is 17.9. The molecule has 0 amide bonds. The SMILES string of the molecule is CC1c2ccsc2CCN1c1cc(F)cc(C#N)c1. The zero-order valence-electron chi connectivity index (χ0n) is 10.6. The monoisotopic (exact) mass is 272 g/mol. The predicted octanol–water partition coefficient (Wildman–Crippen LogP) is 3.88. The molecular formula is C15H13FN2S. The molecule has 1 aromatic carbocycles. The Morgan fingerprint density at radius 3 is 3.05 bits per heavy atom. The standard InChI is InChI=1S/C15H13FN2S/c1-10-14-3-5-19-15(14)2-4-18(10)13-7-11(9-17)6-12(16)8-13/h3,5-8,10H,2,4H2,1H3. The molecule has 96 valence electrons. The van der Waals surface area contributed by atoms with E-state index in [1.807, 2.05) is 6.07 Å². The summed E-state index contributed by atoms with van der Waals surface area (Å²) in [5.74, 6) is -0.350. The fourth-order valence-corrected chi connectivity index (χ4v) is 3.63. The molecule has 0 fully saturated rings. The zero-order chi connectivity index (χ0) is 13.4. The molecule has 0 bridgehead atoms. The summed E-state index contributed by atoms with van der Waals surface area (Å²) >= 11 is 1.78. The van der Waals surface area contributed by atoms with Gasteiger partial charge in [-0.3, -0.25) is 0 Å². The molecule has 1 aliphatic heterocycles. The van der Waals surface area contributed by atoms with Crippen molar-refractivity contribution in [2.24, 2.45) is 0 Å². The second kappa shape index (κ2) is 4.67. The maximum Gasteiger partial charge on any atom is 0.126 e. The average Bonchev–Trinajstić information content (AvgIpc) is 2.87. The Morgan fingerprint density at radius 2 is 2.26 bits per heavy atom. The van der Waals surface area contributed by atoms with Crippen LogP contribution in [0.2, 0.25) is 0 Å². The minimum Gasteiger partial charge on any atom is -0.364 e. The van der Waals surface area contributed by atoms with Crippen LogP contribution in [0.15, 0.2) is 29.6 Å². The fourth-order valence-electron chi connectivity index (χ4n) is 2.67. The summed E-state index contributed by atoms with van der Waals surface area (Å²) in [4.78, 5) is 3.58. The second-order valence-electron chi connectivity index (χ2n) is 4.73. The maximum atomic E-state index is 13.6. The fraction of sp³-hybridized carbons (Fsp3) is 0.267. The van der Waals surface area contributed by atoms with E-state index in [0.717, 1.165) is 18.7 Å². The molecule has 0 radical (unpaired) electrons. The topological polar surface area (TPSA) is 27.0 Å². The third-order valence-corrected chi connectivity index (χ3v) is 4.62. The first-order chi connectivity index (χ1) is 9.19. The molecule has 2 nitrogen and oxygen atoms in total. The highest BCUT2D eigenvalue weighted by atomic mass is 32.1. The van der Waals surface area contributed by atoms with E-state index < -0.39 is 0 Å². The highest BCUT2D eigenvalue weighted by molar-refractivity contribution is 7.10. The molecule has 0 saturated carbocycles. The summed E-state index contributed by atoms with van der Waals surface area (Å²) in [6.45, 7) is 2.99. The predicted molar refractivity (Wildman–Crippen MR) is 74.9 cm³/mol. The molecule has 1 unspecified atom stereocenters. The molecule has 0 spiro atoms. The van der Waals surface area contributed by atoms with Gasteiger partial charge in [0.25, 0.3) is 0 Å². The van der Waals surface area contributed by atoms with Crippen molar-refractivity contribution in [3.63, 3.8) is 0 Å². The molecule has 0 aliphatic carbocycles. The van der Waals surface area contributed by atoms with Gasteiger partial charge in [-0.25, -0.2) is 4.39 Å². The van der Waals surface area contributed by atoms with Gasteiger partial charge in [0, 0.05) is 17.1 Å². The number of fused-ring (bicyclic) bond motifs is 1. The summed E-state index contributed by atoms with van der Waals surface area (Å²) in [5, 5.41) is 11.1. The van der Waals surface area contributed by atoms with Gasteiger partial charge in [0.05, 0.1) is 17.7 Å². The molecule has 0 N–H and O–H groups in total. The minimum absolute atomic E-state index is 0.225. The molecule has 4 heteroatoms. The van der Waals surface area contributed by atoms with Crippen LogP contribution in [-0.2, 0) is 6.42 Å². The smallest absolute Gasteiger partial charge is 0.126 e. The van der Waals surface area contributed by atoms with Crippen LogP contribution in [0.25, 0.3) is 0 Å². The number of benzene rings is 1. The van der Waals surface area contributed by atoms with Gasteiger partial charge in [-0.1, -0.05) is 0 Å². The molecule has 19 heavy (non-hydrogen) atoms. The zero-order valence-corrected chi connectivity index (χ0v) is 11.4. The van der Waals surface area contributed by atoms with Crippen molar-refractivity contribution >= 4 is 17.0 Å². The maximum absolute atomic E-state index is 13.6. The molecule has 2 aromatic rings.